The SMILES string of the molecule is CCC(=O)C1(OC(C)=O)CCC2C3CCC4=CC(=O)CCC4(C)C3CCC21C. The van der Waals surface area contributed by atoms with Gasteiger partial charge in [-0.2, -0.15) is 0 Å². The Labute approximate surface area is 168 Å². The first-order valence-electron chi connectivity index (χ1n) is 11.1. The molecule has 154 valence electrons. The lowest BCUT2D eigenvalue weighted by atomic mass is 9.46. The minimum absolute atomic E-state index is 0.0945. The van der Waals surface area contributed by atoms with Gasteiger partial charge in [0.05, 0.1) is 0 Å². The second-order valence-corrected chi connectivity index (χ2v) is 10.2. The molecule has 0 saturated heterocycles. The van der Waals surface area contributed by atoms with Crippen molar-refractivity contribution in [3.8, 4) is 0 Å². The normalized spacial score (nSPS) is 44.8. The largest absolute Gasteiger partial charge is 0.451 e. The lowest BCUT2D eigenvalue weighted by Crippen LogP contribution is -2.59. The van der Waals surface area contributed by atoms with Crippen LogP contribution in [0.15, 0.2) is 11.6 Å². The van der Waals surface area contributed by atoms with Crippen molar-refractivity contribution in [3.63, 3.8) is 0 Å². The highest BCUT2D eigenvalue weighted by Gasteiger charge is 2.68. The van der Waals surface area contributed by atoms with E-state index in [2.05, 4.69) is 13.8 Å². The Bertz CT molecular complexity index is 752. The molecule has 0 bridgehead atoms. The summed E-state index contributed by atoms with van der Waals surface area (Å²) in [6.45, 7) is 7.91. The third-order valence-corrected chi connectivity index (χ3v) is 9.17. The van der Waals surface area contributed by atoms with Crippen molar-refractivity contribution in [3.05, 3.63) is 11.6 Å². The molecular formula is C24H34O4. The van der Waals surface area contributed by atoms with Crippen LogP contribution in [-0.2, 0) is 19.1 Å². The Balaban J connectivity index is 1.70. The third-order valence-electron chi connectivity index (χ3n) is 9.17. The molecule has 6 unspecified atom stereocenters. The van der Waals surface area contributed by atoms with Crippen LogP contribution in [0.4, 0.5) is 0 Å². The molecule has 0 aromatic heterocycles. The molecule has 0 spiro atoms. The molecule has 28 heavy (non-hydrogen) atoms. The second kappa shape index (κ2) is 6.53. The number of ether oxygens (including phenoxy) is 1. The lowest BCUT2D eigenvalue weighted by Gasteiger charge is -2.59. The Morgan fingerprint density at radius 3 is 2.46 bits per heavy atom. The summed E-state index contributed by atoms with van der Waals surface area (Å²) in [5, 5.41) is 0. The molecule has 6 atom stereocenters. The quantitative estimate of drug-likeness (QED) is 0.654. The number of fused-ring (bicyclic) bond motifs is 5. The number of rotatable bonds is 3. The summed E-state index contributed by atoms with van der Waals surface area (Å²) in [6, 6.07) is 0. The third kappa shape index (κ3) is 2.52. The Kier molecular flexibility index (Phi) is 4.63. The van der Waals surface area contributed by atoms with E-state index in [1.807, 2.05) is 13.0 Å². The standard InChI is InChI=1S/C24H34O4/c1-5-21(27)24(28-15(2)25)13-10-20-18-7-6-16-14-17(26)8-11-22(16,3)19(18)9-12-23(20,24)4/h14,18-20H,5-13H2,1-4H3. The summed E-state index contributed by atoms with van der Waals surface area (Å²) in [5.74, 6) is 1.58. The van der Waals surface area contributed by atoms with Crippen LogP contribution in [0, 0.1) is 28.6 Å². The number of ketones is 2. The van der Waals surface area contributed by atoms with Gasteiger partial charge in [0.1, 0.15) is 0 Å². The van der Waals surface area contributed by atoms with E-state index in [1.165, 1.54) is 12.5 Å². The highest BCUT2D eigenvalue weighted by atomic mass is 16.6. The maximum Gasteiger partial charge on any atom is 0.303 e. The summed E-state index contributed by atoms with van der Waals surface area (Å²) < 4.78 is 5.91. The minimum atomic E-state index is -0.942. The molecule has 4 rings (SSSR count). The highest BCUT2D eigenvalue weighted by Crippen LogP contribution is 2.68. The van der Waals surface area contributed by atoms with Crippen molar-refractivity contribution >= 4 is 17.5 Å². The fourth-order valence-electron chi connectivity index (χ4n) is 7.77. The number of hydrogen-bond donors (Lipinski definition) is 0. The smallest absolute Gasteiger partial charge is 0.303 e. The lowest BCUT2D eigenvalue weighted by molar-refractivity contribution is -0.188. The van der Waals surface area contributed by atoms with E-state index in [-0.39, 0.29) is 28.4 Å². The molecule has 0 amide bonds. The van der Waals surface area contributed by atoms with Gasteiger partial charge in [-0.05, 0) is 74.2 Å². The molecule has 0 heterocycles. The highest BCUT2D eigenvalue weighted by molar-refractivity contribution is 5.92. The van der Waals surface area contributed by atoms with Crippen molar-refractivity contribution in [1.29, 1.82) is 0 Å². The van der Waals surface area contributed by atoms with Crippen molar-refractivity contribution < 1.29 is 19.1 Å². The number of carbonyl (C=O) groups is 3. The molecule has 3 saturated carbocycles. The van der Waals surface area contributed by atoms with Crippen LogP contribution in [0.2, 0.25) is 0 Å². The van der Waals surface area contributed by atoms with Crippen molar-refractivity contribution in [1.82, 2.24) is 0 Å². The van der Waals surface area contributed by atoms with Gasteiger partial charge in [0.15, 0.2) is 17.2 Å². The average Bonchev–Trinajstić information content (AvgIpc) is 2.94. The molecular weight excluding hydrogens is 352 g/mol. The summed E-state index contributed by atoms with van der Waals surface area (Å²) in [5.41, 5.74) is 0.277. The van der Waals surface area contributed by atoms with Crippen LogP contribution < -0.4 is 0 Å². The summed E-state index contributed by atoms with van der Waals surface area (Å²) in [4.78, 5) is 37.1. The zero-order chi connectivity index (χ0) is 20.3. The fraction of sp³-hybridized carbons (Fsp3) is 0.792. The molecule has 0 radical (unpaired) electrons. The predicted octanol–water partition coefficient (Wildman–Crippen LogP) is 4.80. The molecule has 4 aliphatic rings. The molecule has 0 aromatic carbocycles. The molecule has 0 N–H and O–H groups in total. The Morgan fingerprint density at radius 1 is 1.07 bits per heavy atom. The maximum absolute atomic E-state index is 13.1. The van der Waals surface area contributed by atoms with Gasteiger partial charge in [-0.1, -0.05) is 26.3 Å². The number of Topliss-reactive ketones (excluding diaryl/α,β-unsaturated/α-hetero) is 1. The van der Waals surface area contributed by atoms with Crippen molar-refractivity contribution in [2.45, 2.75) is 91.1 Å². The van der Waals surface area contributed by atoms with Gasteiger partial charge in [0.2, 0.25) is 0 Å². The number of hydrogen-bond acceptors (Lipinski definition) is 4. The average molecular weight is 387 g/mol. The van der Waals surface area contributed by atoms with Crippen molar-refractivity contribution in [2.75, 3.05) is 0 Å². The minimum Gasteiger partial charge on any atom is -0.451 e. The second-order valence-electron chi connectivity index (χ2n) is 10.2. The zero-order valence-corrected chi connectivity index (χ0v) is 17.8. The Morgan fingerprint density at radius 2 is 1.79 bits per heavy atom. The van der Waals surface area contributed by atoms with Crippen LogP contribution in [0.5, 0.6) is 0 Å². The van der Waals surface area contributed by atoms with E-state index < -0.39 is 5.60 Å². The van der Waals surface area contributed by atoms with E-state index in [0.717, 1.165) is 38.5 Å². The molecule has 4 nitrogen and oxygen atoms in total. The maximum atomic E-state index is 13.1. The summed E-state index contributed by atoms with van der Waals surface area (Å²) in [6.07, 6.45) is 9.68. The fourth-order valence-corrected chi connectivity index (χ4v) is 7.77. The van der Waals surface area contributed by atoms with E-state index in [0.29, 0.717) is 37.0 Å². The molecule has 0 aliphatic heterocycles. The first-order chi connectivity index (χ1) is 13.2. The summed E-state index contributed by atoms with van der Waals surface area (Å²) >= 11 is 0. The Hall–Kier alpha value is -1.45. The van der Waals surface area contributed by atoms with Gasteiger partial charge in [0.25, 0.3) is 0 Å². The molecule has 4 heteroatoms. The zero-order valence-electron chi connectivity index (χ0n) is 17.8. The van der Waals surface area contributed by atoms with E-state index in [4.69, 9.17) is 4.74 Å². The first-order valence-corrected chi connectivity index (χ1v) is 11.1. The van der Waals surface area contributed by atoms with Crippen LogP contribution in [-0.4, -0.2) is 23.1 Å². The van der Waals surface area contributed by atoms with Crippen LogP contribution in [0.3, 0.4) is 0 Å². The van der Waals surface area contributed by atoms with Gasteiger partial charge in [-0.25, -0.2) is 0 Å². The molecule has 4 aliphatic carbocycles. The van der Waals surface area contributed by atoms with Gasteiger partial charge < -0.3 is 4.74 Å². The van der Waals surface area contributed by atoms with Crippen LogP contribution >= 0.6 is 0 Å². The summed E-state index contributed by atoms with van der Waals surface area (Å²) in [7, 11) is 0. The molecule has 0 aromatic rings. The van der Waals surface area contributed by atoms with E-state index >= 15 is 0 Å². The number of esters is 1. The van der Waals surface area contributed by atoms with Gasteiger partial charge in [-0.3, -0.25) is 14.4 Å². The van der Waals surface area contributed by atoms with E-state index in [9.17, 15) is 14.4 Å². The van der Waals surface area contributed by atoms with E-state index in [1.54, 1.807) is 0 Å². The predicted molar refractivity (Wildman–Crippen MR) is 107 cm³/mol. The number of allylic oxidation sites excluding steroid dienone is 1. The topological polar surface area (TPSA) is 60.4 Å². The molecule has 3 fully saturated rings. The number of carbonyl (C=O) groups excluding carboxylic acids is 3. The van der Waals surface area contributed by atoms with Crippen LogP contribution in [0.1, 0.15) is 85.5 Å². The van der Waals surface area contributed by atoms with Crippen molar-refractivity contribution in [2.24, 2.45) is 28.6 Å². The van der Waals surface area contributed by atoms with Gasteiger partial charge in [-0.15, -0.1) is 0 Å². The van der Waals surface area contributed by atoms with Crippen LogP contribution in [0.25, 0.3) is 0 Å². The van der Waals surface area contributed by atoms with Gasteiger partial charge in [0, 0.05) is 25.2 Å². The first kappa shape index (κ1) is 19.8. The van der Waals surface area contributed by atoms with Gasteiger partial charge >= 0.3 is 5.97 Å². The monoisotopic (exact) mass is 386 g/mol.